The van der Waals surface area contributed by atoms with E-state index in [-0.39, 0.29) is 11.8 Å². The van der Waals surface area contributed by atoms with Crippen LogP contribution in [0.3, 0.4) is 0 Å². The summed E-state index contributed by atoms with van der Waals surface area (Å²) in [6, 6.07) is 8.55. The van der Waals surface area contributed by atoms with Crippen molar-refractivity contribution in [1.82, 2.24) is 15.1 Å². The molecule has 0 aliphatic heterocycles. The Kier molecular flexibility index (Phi) is 5.27. The Morgan fingerprint density at radius 3 is 2.76 bits per heavy atom. The van der Waals surface area contributed by atoms with E-state index in [1.807, 2.05) is 19.2 Å². The van der Waals surface area contributed by atoms with Crippen LogP contribution in [0.1, 0.15) is 30.6 Å². The number of nitrogens with one attached hydrogen (secondary N) is 1. The lowest BCUT2D eigenvalue weighted by Gasteiger charge is -2.20. The van der Waals surface area contributed by atoms with Crippen molar-refractivity contribution in [2.24, 2.45) is 7.05 Å². The third-order valence-corrected chi connectivity index (χ3v) is 3.17. The van der Waals surface area contributed by atoms with Crippen LogP contribution in [0.5, 0.6) is 5.75 Å². The first-order valence-electron chi connectivity index (χ1n) is 6.88. The van der Waals surface area contributed by atoms with Crippen molar-refractivity contribution in [3.8, 4) is 5.75 Å². The first kappa shape index (κ1) is 15.4. The van der Waals surface area contributed by atoms with Gasteiger partial charge in [0.15, 0.2) is 0 Å². The van der Waals surface area contributed by atoms with Crippen molar-refractivity contribution in [2.45, 2.75) is 26.0 Å². The van der Waals surface area contributed by atoms with E-state index in [1.54, 1.807) is 23.0 Å². The summed E-state index contributed by atoms with van der Waals surface area (Å²) >= 11 is 0. The number of hydrogen-bond acceptors (Lipinski definition) is 3. The molecule has 0 aliphatic rings. The van der Waals surface area contributed by atoms with E-state index in [0.29, 0.717) is 0 Å². The molecule has 1 N–H and O–H groups in total. The van der Waals surface area contributed by atoms with Crippen LogP contribution in [0, 0.1) is 0 Å². The molecule has 1 unspecified atom stereocenters. The smallest absolute Gasteiger partial charge is 0.387 e. The molecule has 2 aromatic rings. The zero-order valence-electron chi connectivity index (χ0n) is 12.1. The molecule has 0 aliphatic carbocycles. The highest BCUT2D eigenvalue weighted by molar-refractivity contribution is 5.34. The normalized spacial score (nSPS) is 12.6. The third-order valence-electron chi connectivity index (χ3n) is 3.17. The molecular formula is C15H19F2N3O. The average molecular weight is 295 g/mol. The van der Waals surface area contributed by atoms with Gasteiger partial charge in [-0.05, 0) is 36.7 Å². The Morgan fingerprint density at radius 1 is 1.33 bits per heavy atom. The summed E-state index contributed by atoms with van der Waals surface area (Å²) in [4.78, 5) is 0. The maximum absolute atomic E-state index is 12.3. The number of halogens is 2. The van der Waals surface area contributed by atoms with Crippen molar-refractivity contribution < 1.29 is 13.5 Å². The summed E-state index contributed by atoms with van der Waals surface area (Å²) in [5.74, 6) is 0.160. The number of nitrogens with zero attached hydrogens (tertiary/aromatic N) is 2. The van der Waals surface area contributed by atoms with E-state index in [9.17, 15) is 8.78 Å². The minimum absolute atomic E-state index is 0.112. The van der Waals surface area contributed by atoms with Crippen molar-refractivity contribution in [1.29, 1.82) is 0 Å². The number of aryl methyl sites for hydroxylation is 1. The number of benzene rings is 1. The van der Waals surface area contributed by atoms with Gasteiger partial charge in [-0.2, -0.15) is 13.9 Å². The van der Waals surface area contributed by atoms with Crippen molar-refractivity contribution in [2.75, 3.05) is 6.54 Å². The number of ether oxygens (including phenoxy) is 1. The standard InChI is InChI=1S/C15H19F2N3O/c1-3-8-18-14(13-7-9-19-20(13)2)11-5-4-6-12(10-11)21-15(16)17/h4-7,9-10,14-15,18H,3,8H2,1-2H3. The largest absolute Gasteiger partial charge is 0.435 e. The van der Waals surface area contributed by atoms with E-state index in [0.717, 1.165) is 24.2 Å². The van der Waals surface area contributed by atoms with Crippen LogP contribution >= 0.6 is 0 Å². The molecule has 1 heterocycles. The molecule has 0 fully saturated rings. The fraction of sp³-hybridized carbons (Fsp3) is 0.400. The second-order valence-corrected chi connectivity index (χ2v) is 4.72. The molecule has 0 spiro atoms. The highest BCUT2D eigenvalue weighted by Crippen LogP contribution is 2.25. The molecule has 0 saturated heterocycles. The van der Waals surface area contributed by atoms with Gasteiger partial charge in [-0.15, -0.1) is 0 Å². The second-order valence-electron chi connectivity index (χ2n) is 4.72. The Labute approximate surface area is 122 Å². The van der Waals surface area contributed by atoms with E-state index in [2.05, 4.69) is 22.1 Å². The van der Waals surface area contributed by atoms with Gasteiger partial charge >= 0.3 is 6.61 Å². The maximum Gasteiger partial charge on any atom is 0.387 e. The molecule has 4 nitrogen and oxygen atoms in total. The van der Waals surface area contributed by atoms with Gasteiger partial charge in [0.1, 0.15) is 5.75 Å². The summed E-state index contributed by atoms with van der Waals surface area (Å²) in [5.41, 5.74) is 1.84. The number of aromatic nitrogens is 2. The molecule has 114 valence electrons. The summed E-state index contributed by atoms with van der Waals surface area (Å²) in [5, 5.41) is 7.57. The lowest BCUT2D eigenvalue weighted by molar-refractivity contribution is -0.0498. The molecule has 21 heavy (non-hydrogen) atoms. The van der Waals surface area contributed by atoms with Gasteiger partial charge in [-0.1, -0.05) is 19.1 Å². The molecule has 0 amide bonds. The van der Waals surface area contributed by atoms with Crippen molar-refractivity contribution in [3.63, 3.8) is 0 Å². The Morgan fingerprint density at radius 2 is 2.14 bits per heavy atom. The van der Waals surface area contributed by atoms with Crippen LogP contribution in [0.15, 0.2) is 36.5 Å². The number of alkyl halides is 2. The zero-order valence-corrected chi connectivity index (χ0v) is 12.1. The third kappa shape index (κ3) is 4.01. The van der Waals surface area contributed by atoms with Crippen molar-refractivity contribution in [3.05, 3.63) is 47.8 Å². The number of hydrogen-bond donors (Lipinski definition) is 1. The lowest BCUT2D eigenvalue weighted by atomic mass is 10.0. The quantitative estimate of drug-likeness (QED) is 0.853. The van der Waals surface area contributed by atoms with Crippen LogP contribution < -0.4 is 10.1 Å². The van der Waals surface area contributed by atoms with E-state index in [4.69, 9.17) is 0 Å². The molecule has 1 aromatic heterocycles. The van der Waals surface area contributed by atoms with E-state index in [1.165, 1.54) is 6.07 Å². The predicted octanol–water partition coefficient (Wildman–Crippen LogP) is 3.11. The molecule has 6 heteroatoms. The van der Waals surface area contributed by atoms with E-state index < -0.39 is 6.61 Å². The zero-order chi connectivity index (χ0) is 15.2. The molecule has 0 saturated carbocycles. The number of rotatable bonds is 7. The fourth-order valence-electron chi connectivity index (χ4n) is 2.22. The van der Waals surface area contributed by atoms with Crippen LogP contribution in [-0.4, -0.2) is 22.9 Å². The molecular weight excluding hydrogens is 276 g/mol. The summed E-state index contributed by atoms with van der Waals surface area (Å²) < 4.78 is 30.9. The van der Waals surface area contributed by atoms with Gasteiger partial charge in [0.05, 0.1) is 11.7 Å². The summed E-state index contributed by atoms with van der Waals surface area (Å²) in [6.45, 7) is 0.0679. The first-order chi connectivity index (χ1) is 10.1. The minimum Gasteiger partial charge on any atom is -0.435 e. The van der Waals surface area contributed by atoms with Gasteiger partial charge in [0, 0.05) is 13.2 Å². The summed E-state index contributed by atoms with van der Waals surface area (Å²) in [6.07, 6.45) is 2.69. The SMILES string of the molecule is CCCNC(c1cccc(OC(F)F)c1)c1ccnn1C. The van der Waals surface area contributed by atoms with Gasteiger partial charge in [-0.25, -0.2) is 0 Å². The molecule has 0 radical (unpaired) electrons. The van der Waals surface area contributed by atoms with Gasteiger partial charge in [-0.3, -0.25) is 4.68 Å². The Balaban J connectivity index is 2.30. The monoisotopic (exact) mass is 295 g/mol. The first-order valence-corrected chi connectivity index (χ1v) is 6.88. The van der Waals surface area contributed by atoms with Crippen LogP contribution in [-0.2, 0) is 7.05 Å². The maximum atomic E-state index is 12.3. The van der Waals surface area contributed by atoms with Crippen LogP contribution in [0.2, 0.25) is 0 Å². The van der Waals surface area contributed by atoms with Crippen LogP contribution in [0.25, 0.3) is 0 Å². The van der Waals surface area contributed by atoms with Crippen molar-refractivity contribution >= 4 is 0 Å². The Bertz CT molecular complexity index is 572. The summed E-state index contributed by atoms with van der Waals surface area (Å²) in [7, 11) is 1.86. The van der Waals surface area contributed by atoms with Crippen LogP contribution in [0.4, 0.5) is 8.78 Å². The molecule has 1 aromatic carbocycles. The molecule has 2 rings (SSSR count). The van der Waals surface area contributed by atoms with Gasteiger partial charge < -0.3 is 10.1 Å². The van der Waals surface area contributed by atoms with Gasteiger partial charge in [0.25, 0.3) is 0 Å². The fourth-order valence-corrected chi connectivity index (χ4v) is 2.22. The average Bonchev–Trinajstić information content (AvgIpc) is 2.85. The predicted molar refractivity (Wildman–Crippen MR) is 76.4 cm³/mol. The minimum atomic E-state index is -2.82. The molecule has 0 bridgehead atoms. The van der Waals surface area contributed by atoms with E-state index >= 15 is 0 Å². The highest BCUT2D eigenvalue weighted by atomic mass is 19.3. The highest BCUT2D eigenvalue weighted by Gasteiger charge is 2.17. The van der Waals surface area contributed by atoms with Gasteiger partial charge in [0.2, 0.25) is 0 Å². The lowest BCUT2D eigenvalue weighted by Crippen LogP contribution is -2.25. The molecule has 1 atom stereocenters. The topological polar surface area (TPSA) is 39.1 Å². The Hall–Kier alpha value is -1.95. The second kappa shape index (κ2) is 7.17.